The summed E-state index contributed by atoms with van der Waals surface area (Å²) in [6.45, 7) is 3.87. The Hall–Kier alpha value is -1.69. The molecular formula is C11H14N4OS. The van der Waals surface area contributed by atoms with Crippen LogP contribution in [-0.4, -0.2) is 20.4 Å². The van der Waals surface area contributed by atoms with Crippen molar-refractivity contribution in [2.24, 2.45) is 7.05 Å². The maximum Gasteiger partial charge on any atom is 0.270 e. The van der Waals surface area contributed by atoms with E-state index >= 15 is 0 Å². The zero-order chi connectivity index (χ0) is 12.4. The molecule has 0 aliphatic heterocycles. The van der Waals surface area contributed by atoms with Crippen molar-refractivity contribution in [3.8, 4) is 0 Å². The first-order chi connectivity index (χ1) is 8.08. The number of amides is 1. The number of imidazole rings is 1. The molecule has 0 saturated carbocycles. The molecule has 0 spiro atoms. The third kappa shape index (κ3) is 2.52. The fourth-order valence-corrected chi connectivity index (χ4v) is 2.21. The molecule has 1 amide bonds. The van der Waals surface area contributed by atoms with Crippen LogP contribution in [0.25, 0.3) is 0 Å². The molecule has 1 unspecified atom stereocenters. The van der Waals surface area contributed by atoms with Gasteiger partial charge in [-0.3, -0.25) is 4.79 Å². The first kappa shape index (κ1) is 11.8. The van der Waals surface area contributed by atoms with Gasteiger partial charge in [0, 0.05) is 12.4 Å². The van der Waals surface area contributed by atoms with Gasteiger partial charge in [0.25, 0.3) is 5.91 Å². The van der Waals surface area contributed by atoms with Crippen molar-refractivity contribution in [2.75, 3.05) is 0 Å². The summed E-state index contributed by atoms with van der Waals surface area (Å²) in [4.78, 5) is 20.2. The third-order valence-corrected chi connectivity index (χ3v) is 3.27. The minimum Gasteiger partial charge on any atom is -0.343 e. The first-order valence-electron chi connectivity index (χ1n) is 5.27. The summed E-state index contributed by atoms with van der Waals surface area (Å²) < 4.78 is 1.69. The molecule has 17 heavy (non-hydrogen) atoms. The van der Waals surface area contributed by atoms with Crippen LogP contribution >= 0.6 is 11.3 Å². The summed E-state index contributed by atoms with van der Waals surface area (Å²) >= 11 is 1.58. The quantitative estimate of drug-likeness (QED) is 0.901. The van der Waals surface area contributed by atoms with Crippen LogP contribution in [0.3, 0.4) is 0 Å². The van der Waals surface area contributed by atoms with Gasteiger partial charge in [-0.25, -0.2) is 9.97 Å². The number of carbonyl (C=O) groups is 1. The molecule has 2 aromatic heterocycles. The monoisotopic (exact) mass is 250 g/mol. The van der Waals surface area contributed by atoms with Gasteiger partial charge in [-0.05, 0) is 13.8 Å². The minimum atomic E-state index is -0.136. The molecule has 0 aliphatic rings. The van der Waals surface area contributed by atoms with E-state index in [0.29, 0.717) is 5.69 Å². The summed E-state index contributed by atoms with van der Waals surface area (Å²) in [5.41, 5.74) is 1.44. The molecule has 6 heteroatoms. The van der Waals surface area contributed by atoms with Gasteiger partial charge in [0.1, 0.15) is 5.69 Å². The molecule has 90 valence electrons. The molecule has 5 nitrogen and oxygen atoms in total. The van der Waals surface area contributed by atoms with Crippen LogP contribution in [0.4, 0.5) is 0 Å². The Morgan fingerprint density at radius 2 is 2.35 bits per heavy atom. The lowest BCUT2D eigenvalue weighted by Gasteiger charge is -2.11. The van der Waals surface area contributed by atoms with Crippen molar-refractivity contribution < 1.29 is 4.79 Å². The highest BCUT2D eigenvalue weighted by Gasteiger charge is 2.15. The van der Waals surface area contributed by atoms with Gasteiger partial charge in [0.2, 0.25) is 0 Å². The van der Waals surface area contributed by atoms with Crippen LogP contribution in [0, 0.1) is 6.92 Å². The van der Waals surface area contributed by atoms with E-state index in [1.165, 1.54) is 0 Å². The molecular weight excluding hydrogens is 236 g/mol. The number of hydrogen-bond acceptors (Lipinski definition) is 4. The number of carbonyl (C=O) groups excluding carboxylic acids is 1. The highest BCUT2D eigenvalue weighted by atomic mass is 32.1. The Kier molecular flexibility index (Phi) is 3.23. The molecule has 2 aromatic rings. The number of nitrogens with one attached hydrogen (secondary N) is 1. The molecule has 2 rings (SSSR count). The lowest BCUT2D eigenvalue weighted by atomic mass is 10.2. The minimum absolute atomic E-state index is 0.0950. The largest absolute Gasteiger partial charge is 0.343 e. The van der Waals surface area contributed by atoms with Crippen molar-refractivity contribution in [3.05, 3.63) is 34.3 Å². The molecule has 0 aliphatic carbocycles. The van der Waals surface area contributed by atoms with E-state index in [1.54, 1.807) is 35.5 Å². The van der Waals surface area contributed by atoms with E-state index in [0.717, 1.165) is 10.7 Å². The van der Waals surface area contributed by atoms with Gasteiger partial charge in [-0.2, -0.15) is 0 Å². The summed E-state index contributed by atoms with van der Waals surface area (Å²) in [6.07, 6.45) is 3.15. The average molecular weight is 250 g/mol. The van der Waals surface area contributed by atoms with Crippen LogP contribution in [0.1, 0.15) is 34.2 Å². The normalized spacial score (nSPS) is 12.4. The number of rotatable bonds is 3. The zero-order valence-electron chi connectivity index (χ0n) is 9.97. The fraction of sp³-hybridized carbons (Fsp3) is 0.364. The molecule has 1 N–H and O–H groups in total. The van der Waals surface area contributed by atoms with Crippen molar-refractivity contribution in [1.29, 1.82) is 0 Å². The Morgan fingerprint density at radius 1 is 1.59 bits per heavy atom. The second kappa shape index (κ2) is 4.67. The second-order valence-electron chi connectivity index (χ2n) is 3.88. The Morgan fingerprint density at radius 3 is 2.88 bits per heavy atom. The first-order valence-corrected chi connectivity index (χ1v) is 6.15. The number of aromatic nitrogens is 3. The van der Waals surface area contributed by atoms with Crippen LogP contribution < -0.4 is 5.32 Å². The van der Waals surface area contributed by atoms with Crippen LogP contribution in [0.15, 0.2) is 17.9 Å². The van der Waals surface area contributed by atoms with Crippen LogP contribution in [-0.2, 0) is 7.05 Å². The summed E-state index contributed by atoms with van der Waals surface area (Å²) in [5, 5.41) is 5.86. The molecule has 0 fully saturated rings. The van der Waals surface area contributed by atoms with Gasteiger partial charge >= 0.3 is 0 Å². The van der Waals surface area contributed by atoms with Gasteiger partial charge in [-0.1, -0.05) is 0 Å². The van der Waals surface area contributed by atoms with Crippen molar-refractivity contribution >= 4 is 17.2 Å². The van der Waals surface area contributed by atoms with Crippen molar-refractivity contribution in [3.63, 3.8) is 0 Å². The number of aryl methyl sites for hydroxylation is 2. The fourth-order valence-electron chi connectivity index (χ4n) is 1.50. The second-order valence-corrected chi connectivity index (χ2v) is 4.94. The summed E-state index contributed by atoms with van der Waals surface area (Å²) in [7, 11) is 1.79. The topological polar surface area (TPSA) is 59.8 Å². The number of thiazole rings is 1. The van der Waals surface area contributed by atoms with Gasteiger partial charge in [-0.15, -0.1) is 11.3 Å². The zero-order valence-corrected chi connectivity index (χ0v) is 10.8. The smallest absolute Gasteiger partial charge is 0.270 e. The van der Waals surface area contributed by atoms with Gasteiger partial charge in [0.05, 0.1) is 29.3 Å². The molecule has 0 radical (unpaired) electrons. The van der Waals surface area contributed by atoms with Crippen LogP contribution in [0.2, 0.25) is 0 Å². The SMILES string of the molecule is Cc1nc(C(C)NC(=O)c2cncn2C)cs1. The summed E-state index contributed by atoms with van der Waals surface area (Å²) in [5.74, 6) is -0.136. The molecule has 0 bridgehead atoms. The lowest BCUT2D eigenvalue weighted by molar-refractivity contribution is 0.0931. The van der Waals surface area contributed by atoms with E-state index in [4.69, 9.17) is 0 Å². The van der Waals surface area contributed by atoms with Crippen molar-refractivity contribution in [1.82, 2.24) is 19.9 Å². The Bertz CT molecular complexity index is 531. The van der Waals surface area contributed by atoms with Gasteiger partial charge in [0.15, 0.2) is 0 Å². The highest BCUT2D eigenvalue weighted by molar-refractivity contribution is 7.09. The van der Waals surface area contributed by atoms with E-state index in [2.05, 4.69) is 15.3 Å². The van der Waals surface area contributed by atoms with E-state index in [-0.39, 0.29) is 11.9 Å². The average Bonchev–Trinajstić information content (AvgIpc) is 2.86. The number of nitrogens with zero attached hydrogens (tertiary/aromatic N) is 3. The Balaban J connectivity index is 2.07. The van der Waals surface area contributed by atoms with Crippen molar-refractivity contribution in [2.45, 2.75) is 19.9 Å². The molecule has 0 aromatic carbocycles. The van der Waals surface area contributed by atoms with Gasteiger partial charge < -0.3 is 9.88 Å². The maximum absolute atomic E-state index is 11.9. The summed E-state index contributed by atoms with van der Waals surface area (Å²) in [6, 6.07) is -0.0950. The maximum atomic E-state index is 11.9. The predicted molar refractivity (Wildman–Crippen MR) is 65.9 cm³/mol. The lowest BCUT2D eigenvalue weighted by Crippen LogP contribution is -2.28. The number of hydrogen-bond donors (Lipinski definition) is 1. The van der Waals surface area contributed by atoms with E-state index in [9.17, 15) is 4.79 Å². The molecule has 0 saturated heterocycles. The highest BCUT2D eigenvalue weighted by Crippen LogP contribution is 2.16. The predicted octanol–water partition coefficient (Wildman–Crippen LogP) is 1.68. The van der Waals surface area contributed by atoms with E-state index in [1.807, 2.05) is 19.2 Å². The molecule has 1 atom stereocenters. The van der Waals surface area contributed by atoms with E-state index < -0.39 is 0 Å². The third-order valence-electron chi connectivity index (χ3n) is 2.48. The Labute approximate surface area is 104 Å². The van der Waals surface area contributed by atoms with Crippen LogP contribution in [0.5, 0.6) is 0 Å². The molecule has 2 heterocycles. The standard InChI is InChI=1S/C11H14N4OS/c1-7(9-5-17-8(2)14-9)13-11(16)10-4-12-6-15(10)3/h4-7H,1-3H3,(H,13,16).